The fraction of sp³-hybridized carbons (Fsp3) is 0. The van der Waals surface area contributed by atoms with Crippen LogP contribution in [0, 0.1) is 0 Å². The first-order chi connectivity index (χ1) is 0. The summed E-state index contributed by atoms with van der Waals surface area (Å²) >= 11 is 0. The second kappa shape index (κ2) is 18.3. The molecule has 4 heteroatoms. The van der Waals surface area contributed by atoms with E-state index in [1.165, 1.54) is 0 Å². The van der Waals surface area contributed by atoms with Crippen LogP contribution in [0.25, 0.3) is 0 Å². The molecule has 0 aliphatic rings. The van der Waals surface area contributed by atoms with Crippen molar-refractivity contribution in [2.24, 2.45) is 0 Å². The summed E-state index contributed by atoms with van der Waals surface area (Å²) in [6.07, 6.45) is 0. The quantitative estimate of drug-likeness (QED) is 0.536. The average molecular weight is 259 g/mol. The minimum absolute atomic E-state index is 0. The van der Waals surface area contributed by atoms with Gasteiger partial charge in [-0.05, 0) is 0 Å². The molecule has 0 spiro atoms. The third-order valence-electron chi connectivity index (χ3n) is 0. The van der Waals surface area contributed by atoms with E-state index in [1.54, 1.807) is 0 Å². The van der Waals surface area contributed by atoms with E-state index in [2.05, 4.69) is 0 Å². The van der Waals surface area contributed by atoms with Crippen molar-refractivity contribution >= 4 is 0 Å². The Morgan fingerprint density at radius 3 is 1.00 bits per heavy atom. The van der Waals surface area contributed by atoms with E-state index in [0.717, 1.165) is 0 Å². The van der Waals surface area contributed by atoms with Gasteiger partial charge in [0.05, 0.1) is 0 Å². The van der Waals surface area contributed by atoms with Crippen LogP contribution in [-0.4, -0.2) is 0 Å². The second-order valence-corrected chi connectivity index (χ2v) is 0. The molecule has 0 aromatic rings. The second-order valence-electron chi connectivity index (χ2n) is 0. The topological polar surface area (TPSA) is 0 Å². The van der Waals surface area contributed by atoms with E-state index in [-0.39, 0.29) is 74.8 Å². The van der Waals surface area contributed by atoms with Gasteiger partial charge in [-0.1, -0.05) is 0 Å². The van der Waals surface area contributed by atoms with Crippen LogP contribution >= 0.6 is 0 Å². The molecule has 0 aliphatic carbocycles. The van der Waals surface area contributed by atoms with E-state index >= 15 is 0 Å². The van der Waals surface area contributed by atoms with Crippen LogP contribution in [0.3, 0.4) is 0 Å². The fourth-order valence-corrected chi connectivity index (χ4v) is 0. The molecule has 0 bridgehead atoms. The zero-order valence-corrected chi connectivity index (χ0v) is 7.32. The Morgan fingerprint density at radius 2 is 1.00 bits per heavy atom. The third-order valence-corrected chi connectivity index (χ3v) is 0. The zero-order chi connectivity index (χ0) is 0. The van der Waals surface area contributed by atoms with Crippen LogP contribution in [0.2, 0.25) is 0 Å². The molecule has 0 unspecified atom stereocenters. The molecule has 27 valence electrons. The molecule has 0 saturated heterocycles. The van der Waals surface area contributed by atoms with E-state index in [9.17, 15) is 0 Å². The molecule has 3 radical (unpaired) electrons. The normalized spacial score (nSPS) is 0. The van der Waals surface area contributed by atoms with Crippen LogP contribution in [0.1, 0.15) is 0 Å². The van der Waals surface area contributed by atoms with Gasteiger partial charge in [0.15, 0.2) is 0 Å². The van der Waals surface area contributed by atoms with Crippen molar-refractivity contribution in [1.82, 2.24) is 0 Å². The molecule has 4 heavy (non-hydrogen) atoms. The molecule has 0 amide bonds. The molecule has 0 aliphatic heterocycles. The van der Waals surface area contributed by atoms with Crippen LogP contribution in [0.4, 0.5) is 0 Å². The number of hydrogen-bond acceptors (Lipinski definition) is 0. The molecule has 0 N–H and O–H groups in total. The largest absolute Gasteiger partial charge is 0 e. The van der Waals surface area contributed by atoms with Crippen molar-refractivity contribution in [2.45, 2.75) is 0 Å². The minimum Gasteiger partial charge on any atom is 0 e. The summed E-state index contributed by atoms with van der Waals surface area (Å²) in [4.78, 5) is 0. The Hall–Kier alpha value is 2.35. The summed E-state index contributed by atoms with van der Waals surface area (Å²) in [5, 5.41) is 0. The predicted octanol–water partition coefficient (Wildman–Crippen LogP) is -0.0100. The molecule has 0 heterocycles. The Kier molecular flexibility index (Phi) is 151. The van der Waals surface area contributed by atoms with Gasteiger partial charge >= 0.3 is 0 Å². The number of hydrogen-bond donors (Lipinski definition) is 0. The first-order valence-corrected chi connectivity index (χ1v) is 0. The van der Waals surface area contributed by atoms with Gasteiger partial charge in [-0.3, -0.25) is 0 Å². The summed E-state index contributed by atoms with van der Waals surface area (Å²) in [6, 6.07) is 0. The first-order valence-electron chi connectivity index (χ1n) is 0. The molecular formula is CoFeNbV. The zero-order valence-electron chi connectivity index (χ0n) is 1.58. The maximum Gasteiger partial charge on any atom is 0 e. The standard InChI is InChI=1S/Co.Fe.Nb.V. The molecule has 0 fully saturated rings. The monoisotopic (exact) mass is 259 g/mol. The molecule has 0 aromatic carbocycles. The van der Waals surface area contributed by atoms with Gasteiger partial charge in [-0.15, -0.1) is 0 Å². The summed E-state index contributed by atoms with van der Waals surface area (Å²) < 4.78 is 0. The van der Waals surface area contributed by atoms with Gasteiger partial charge in [-0.2, -0.15) is 0 Å². The molecule has 0 rings (SSSR count). The molecule has 0 aromatic heterocycles. The van der Waals surface area contributed by atoms with Crippen LogP contribution < -0.4 is 0 Å². The van der Waals surface area contributed by atoms with Crippen LogP contribution in [-0.2, 0) is 74.8 Å². The van der Waals surface area contributed by atoms with Gasteiger partial charge < -0.3 is 0 Å². The predicted molar refractivity (Wildman–Crippen MR) is 0 cm³/mol. The van der Waals surface area contributed by atoms with Crippen molar-refractivity contribution < 1.29 is 74.8 Å². The van der Waals surface area contributed by atoms with E-state index < -0.39 is 0 Å². The third kappa shape index (κ3) is 8.84. The summed E-state index contributed by atoms with van der Waals surface area (Å²) in [5.41, 5.74) is 0. The van der Waals surface area contributed by atoms with Gasteiger partial charge in [0.1, 0.15) is 0 Å². The maximum absolute atomic E-state index is 0. The summed E-state index contributed by atoms with van der Waals surface area (Å²) in [7, 11) is 0. The first kappa shape index (κ1) is 32.9. The van der Waals surface area contributed by atoms with Crippen molar-refractivity contribution in [2.75, 3.05) is 0 Å². The Labute approximate surface area is 73.9 Å². The summed E-state index contributed by atoms with van der Waals surface area (Å²) in [5.74, 6) is 0. The smallest absolute Gasteiger partial charge is 0 e. The Bertz CT molecular complexity index is 8.00. The minimum atomic E-state index is 0. The SMILES string of the molecule is [Co].[Fe].[Nb].[V]. The van der Waals surface area contributed by atoms with Gasteiger partial charge in [0.25, 0.3) is 0 Å². The van der Waals surface area contributed by atoms with Crippen LogP contribution in [0.15, 0.2) is 0 Å². The molecule has 0 saturated carbocycles. The van der Waals surface area contributed by atoms with Crippen molar-refractivity contribution in [3.63, 3.8) is 0 Å². The fourth-order valence-electron chi connectivity index (χ4n) is 0. The van der Waals surface area contributed by atoms with E-state index in [0.29, 0.717) is 0 Å². The summed E-state index contributed by atoms with van der Waals surface area (Å²) in [6.45, 7) is 0. The van der Waals surface area contributed by atoms with Gasteiger partial charge in [-0.25, -0.2) is 0 Å². The van der Waals surface area contributed by atoms with Crippen molar-refractivity contribution in [3.05, 3.63) is 0 Å². The Morgan fingerprint density at radius 1 is 1.00 bits per heavy atom. The number of rotatable bonds is 0. The molecule has 0 atom stereocenters. The molecule has 0 nitrogen and oxygen atoms in total. The van der Waals surface area contributed by atoms with Crippen LogP contribution in [0.5, 0.6) is 0 Å². The van der Waals surface area contributed by atoms with Crippen molar-refractivity contribution in [3.8, 4) is 0 Å². The van der Waals surface area contributed by atoms with Gasteiger partial charge in [0, 0.05) is 74.8 Å². The van der Waals surface area contributed by atoms with Crippen molar-refractivity contribution in [1.29, 1.82) is 0 Å². The average Bonchev–Trinajstić information content (AvgIpc) is 0. The molecular weight excluding hydrogens is 259 g/mol. The van der Waals surface area contributed by atoms with E-state index in [1.807, 2.05) is 0 Å². The van der Waals surface area contributed by atoms with E-state index in [4.69, 9.17) is 0 Å². The van der Waals surface area contributed by atoms with Gasteiger partial charge in [0.2, 0.25) is 0 Å². The maximum atomic E-state index is 0. The Balaban J connectivity index is 0.